The van der Waals surface area contributed by atoms with Gasteiger partial charge in [0.25, 0.3) is 11.6 Å². The molecule has 3 nitrogen and oxygen atoms in total. The summed E-state index contributed by atoms with van der Waals surface area (Å²) in [6.07, 6.45) is 0. The van der Waals surface area contributed by atoms with Gasteiger partial charge < -0.3 is 9.47 Å². The number of ether oxygens (including phenoxy) is 3. The smallest absolute Gasteiger partial charge is 0.271 e. The number of fused-ring (bicyclic) bond motifs is 6. The fourth-order valence-electron chi connectivity index (χ4n) is 4.62. The third-order valence-electron chi connectivity index (χ3n) is 6.08. The van der Waals surface area contributed by atoms with Crippen LogP contribution in [0.4, 0.5) is 0 Å². The van der Waals surface area contributed by atoms with Crippen LogP contribution in [0.5, 0.6) is 11.5 Å². The molecule has 0 radical (unpaired) electrons. The highest BCUT2D eigenvalue weighted by Gasteiger charge is 2.59. The molecular weight excluding hydrogens is 384 g/mol. The van der Waals surface area contributed by atoms with Gasteiger partial charge in [0, 0.05) is 11.1 Å². The molecule has 2 aliphatic heterocycles. The third kappa shape index (κ3) is 2.57. The zero-order valence-electron chi connectivity index (χ0n) is 17.5. The first-order valence-corrected chi connectivity index (χ1v) is 10.5. The van der Waals surface area contributed by atoms with Gasteiger partial charge in [-0.2, -0.15) is 0 Å². The molecule has 0 fully saturated rings. The molecule has 6 rings (SSSR count). The summed E-state index contributed by atoms with van der Waals surface area (Å²) in [4.78, 5) is 0. The molecule has 3 heteroatoms. The van der Waals surface area contributed by atoms with Crippen molar-refractivity contribution in [1.82, 2.24) is 0 Å². The molecule has 0 spiro atoms. The first kappa shape index (κ1) is 18.2. The Bertz CT molecular complexity index is 1180. The summed E-state index contributed by atoms with van der Waals surface area (Å²) < 4.78 is 20.5. The lowest BCUT2D eigenvalue weighted by Gasteiger charge is -2.52. The van der Waals surface area contributed by atoms with E-state index in [-0.39, 0.29) is 0 Å². The predicted molar refractivity (Wildman–Crippen MR) is 119 cm³/mol. The maximum absolute atomic E-state index is 6.99. The highest BCUT2D eigenvalue weighted by Crippen LogP contribution is 2.58. The molecule has 4 aromatic carbocycles. The van der Waals surface area contributed by atoms with Crippen molar-refractivity contribution in [3.05, 3.63) is 130 Å². The number of rotatable bonds is 2. The molecular formula is C28H22O3. The molecule has 0 saturated heterocycles. The molecule has 0 unspecified atom stereocenters. The van der Waals surface area contributed by atoms with Crippen LogP contribution in [-0.2, 0) is 16.3 Å². The van der Waals surface area contributed by atoms with Gasteiger partial charge in [0.05, 0.1) is 11.1 Å². The molecule has 31 heavy (non-hydrogen) atoms. The van der Waals surface area contributed by atoms with Crippen molar-refractivity contribution in [1.29, 1.82) is 0 Å². The topological polar surface area (TPSA) is 27.7 Å². The molecule has 2 bridgehead atoms. The van der Waals surface area contributed by atoms with E-state index in [2.05, 4.69) is 38.1 Å². The van der Waals surface area contributed by atoms with Gasteiger partial charge in [0.2, 0.25) is 0 Å². The van der Waals surface area contributed by atoms with Crippen molar-refractivity contribution >= 4 is 0 Å². The SMILES string of the molecule is Cc1ccc2c(c1)[C@@]1(c3ccccc3)Oc3ccc(C)cc3[C@](c3ccccc3)(O2)O1. The van der Waals surface area contributed by atoms with Crippen molar-refractivity contribution in [2.45, 2.75) is 25.4 Å². The Hall–Kier alpha value is -3.56. The van der Waals surface area contributed by atoms with E-state index in [1.165, 1.54) is 0 Å². The Labute approximate surface area is 181 Å². The maximum atomic E-state index is 6.99. The Morgan fingerprint density at radius 1 is 0.516 bits per heavy atom. The molecule has 2 aliphatic rings. The van der Waals surface area contributed by atoms with E-state index in [4.69, 9.17) is 14.2 Å². The second kappa shape index (κ2) is 6.47. The molecule has 0 aliphatic carbocycles. The van der Waals surface area contributed by atoms with E-state index in [1.807, 2.05) is 72.8 Å². The van der Waals surface area contributed by atoms with Gasteiger partial charge in [-0.3, -0.25) is 4.74 Å². The Balaban J connectivity index is 1.73. The van der Waals surface area contributed by atoms with Crippen LogP contribution in [0, 0.1) is 13.8 Å². The van der Waals surface area contributed by atoms with Crippen LogP contribution in [0.15, 0.2) is 97.1 Å². The summed E-state index contributed by atoms with van der Waals surface area (Å²) in [6.45, 7) is 4.14. The van der Waals surface area contributed by atoms with Gasteiger partial charge in [-0.15, -0.1) is 0 Å². The fourth-order valence-corrected chi connectivity index (χ4v) is 4.62. The second-order valence-electron chi connectivity index (χ2n) is 8.27. The minimum Gasteiger partial charge on any atom is -0.453 e. The highest BCUT2D eigenvalue weighted by molar-refractivity contribution is 5.56. The molecule has 0 amide bonds. The Morgan fingerprint density at radius 3 is 1.35 bits per heavy atom. The maximum Gasteiger partial charge on any atom is 0.271 e. The Kier molecular flexibility index (Phi) is 3.80. The van der Waals surface area contributed by atoms with Gasteiger partial charge >= 0.3 is 0 Å². The minimum atomic E-state index is -1.13. The number of hydrogen-bond acceptors (Lipinski definition) is 3. The van der Waals surface area contributed by atoms with E-state index >= 15 is 0 Å². The molecule has 0 saturated carbocycles. The zero-order valence-corrected chi connectivity index (χ0v) is 17.5. The summed E-state index contributed by atoms with van der Waals surface area (Å²) in [5.74, 6) is -0.730. The minimum absolute atomic E-state index is 0.761. The molecule has 0 N–H and O–H groups in total. The molecule has 152 valence electrons. The van der Waals surface area contributed by atoms with Crippen LogP contribution >= 0.6 is 0 Å². The van der Waals surface area contributed by atoms with Gasteiger partial charge in [-0.25, -0.2) is 0 Å². The predicted octanol–water partition coefficient (Wildman–Crippen LogP) is 6.21. The van der Waals surface area contributed by atoms with Crippen molar-refractivity contribution in [3.8, 4) is 11.5 Å². The summed E-state index contributed by atoms with van der Waals surface area (Å²) in [6, 6.07) is 32.6. The van der Waals surface area contributed by atoms with Gasteiger partial charge in [-0.1, -0.05) is 83.9 Å². The van der Waals surface area contributed by atoms with Crippen molar-refractivity contribution < 1.29 is 14.2 Å². The summed E-state index contributed by atoms with van der Waals surface area (Å²) in [7, 11) is 0. The van der Waals surface area contributed by atoms with Gasteiger partial charge in [0.1, 0.15) is 11.5 Å². The van der Waals surface area contributed by atoms with Crippen molar-refractivity contribution in [3.63, 3.8) is 0 Å². The normalized spacial score (nSPS) is 23.2. The van der Waals surface area contributed by atoms with Crippen LogP contribution in [0.2, 0.25) is 0 Å². The third-order valence-corrected chi connectivity index (χ3v) is 6.08. The van der Waals surface area contributed by atoms with Gasteiger partial charge in [-0.05, 0) is 38.1 Å². The van der Waals surface area contributed by atoms with Crippen LogP contribution in [0.1, 0.15) is 33.4 Å². The summed E-state index contributed by atoms with van der Waals surface area (Å²) >= 11 is 0. The summed E-state index contributed by atoms with van der Waals surface area (Å²) in [5.41, 5.74) is 5.83. The van der Waals surface area contributed by atoms with Crippen molar-refractivity contribution in [2.24, 2.45) is 0 Å². The monoisotopic (exact) mass is 406 g/mol. The fraction of sp³-hybridized carbons (Fsp3) is 0.143. The van der Waals surface area contributed by atoms with E-state index in [1.54, 1.807) is 0 Å². The second-order valence-corrected chi connectivity index (χ2v) is 8.27. The van der Waals surface area contributed by atoms with E-state index < -0.39 is 11.6 Å². The highest BCUT2D eigenvalue weighted by atomic mass is 16.8. The molecule has 2 heterocycles. The van der Waals surface area contributed by atoms with Crippen LogP contribution in [0.25, 0.3) is 0 Å². The largest absolute Gasteiger partial charge is 0.453 e. The number of aryl methyl sites for hydroxylation is 2. The van der Waals surface area contributed by atoms with Gasteiger partial charge in [0.15, 0.2) is 0 Å². The average molecular weight is 406 g/mol. The average Bonchev–Trinajstić information content (AvgIpc) is 2.81. The van der Waals surface area contributed by atoms with E-state index in [0.29, 0.717) is 0 Å². The van der Waals surface area contributed by atoms with Crippen molar-refractivity contribution in [2.75, 3.05) is 0 Å². The zero-order chi connectivity index (χ0) is 21.1. The molecule has 0 aromatic heterocycles. The summed E-state index contributed by atoms with van der Waals surface area (Å²) in [5, 5.41) is 0. The lowest BCUT2D eigenvalue weighted by atomic mass is 9.86. The number of benzene rings is 4. The lowest BCUT2D eigenvalue weighted by Crippen LogP contribution is -2.56. The quantitative estimate of drug-likeness (QED) is 0.396. The van der Waals surface area contributed by atoms with E-state index in [0.717, 1.165) is 44.9 Å². The van der Waals surface area contributed by atoms with Crippen LogP contribution in [-0.4, -0.2) is 0 Å². The molecule has 4 aromatic rings. The first-order valence-electron chi connectivity index (χ1n) is 10.5. The standard InChI is InChI=1S/C28H22O3/c1-19-13-15-25-23(17-19)27(21-9-5-3-6-10-21)30-26-16-14-20(2)18-24(26)28(29-25,31-27)22-11-7-4-8-12-22/h3-18H,1-2H3/t27-,28+. The molecule has 2 atom stereocenters. The first-order chi connectivity index (χ1) is 15.1. The lowest BCUT2D eigenvalue weighted by molar-refractivity contribution is -0.322. The number of hydrogen-bond donors (Lipinski definition) is 0. The Morgan fingerprint density at radius 2 is 0.935 bits per heavy atom. The van der Waals surface area contributed by atoms with Crippen LogP contribution < -0.4 is 9.47 Å². The van der Waals surface area contributed by atoms with Crippen LogP contribution in [0.3, 0.4) is 0 Å². The van der Waals surface area contributed by atoms with E-state index in [9.17, 15) is 0 Å².